The van der Waals surface area contributed by atoms with Gasteiger partial charge in [-0.25, -0.2) is 0 Å². The van der Waals surface area contributed by atoms with E-state index in [0.717, 1.165) is 31.7 Å². The van der Waals surface area contributed by atoms with Crippen molar-refractivity contribution < 1.29 is 4.79 Å². The van der Waals surface area contributed by atoms with E-state index in [1.54, 1.807) is 0 Å². The number of hydrogen-bond acceptors (Lipinski definition) is 2. The van der Waals surface area contributed by atoms with Crippen LogP contribution in [0.3, 0.4) is 0 Å². The van der Waals surface area contributed by atoms with Gasteiger partial charge in [0.05, 0.1) is 0 Å². The third-order valence-corrected chi connectivity index (χ3v) is 5.55. The fourth-order valence-corrected chi connectivity index (χ4v) is 4.11. The van der Waals surface area contributed by atoms with Crippen LogP contribution in [0.1, 0.15) is 29.8 Å². The third-order valence-electron chi connectivity index (χ3n) is 5.55. The van der Waals surface area contributed by atoms with Crippen LogP contribution >= 0.6 is 0 Å². The summed E-state index contributed by atoms with van der Waals surface area (Å²) in [4.78, 5) is 16.6. The van der Waals surface area contributed by atoms with E-state index in [-0.39, 0.29) is 5.91 Å². The summed E-state index contributed by atoms with van der Waals surface area (Å²) < 4.78 is 2.42. The summed E-state index contributed by atoms with van der Waals surface area (Å²) in [6.07, 6.45) is 0. The number of aromatic nitrogens is 1. The standard InChI is InChI=1S/C21H25N3O/c1-4-23(5-2)12-13-24-18-9-7-6-8-16(18)20-17-14-22(3)21(25)15(17)10-11-19(20)24/h6-11H,4-5,12-14H2,1-3H3. The van der Waals surface area contributed by atoms with Crippen LogP contribution in [0.4, 0.5) is 0 Å². The lowest BCUT2D eigenvalue weighted by molar-refractivity contribution is 0.0816. The summed E-state index contributed by atoms with van der Waals surface area (Å²) >= 11 is 0. The van der Waals surface area contributed by atoms with Gasteiger partial charge in [0.2, 0.25) is 0 Å². The van der Waals surface area contributed by atoms with Crippen LogP contribution in [0.5, 0.6) is 0 Å². The first-order valence-electron chi connectivity index (χ1n) is 9.16. The molecule has 130 valence electrons. The van der Waals surface area contributed by atoms with Crippen molar-refractivity contribution in [2.24, 2.45) is 0 Å². The number of rotatable bonds is 5. The molecule has 1 aromatic heterocycles. The summed E-state index contributed by atoms with van der Waals surface area (Å²) in [6, 6.07) is 12.7. The first kappa shape index (κ1) is 16.2. The molecule has 2 heterocycles. The van der Waals surface area contributed by atoms with E-state index in [2.05, 4.69) is 53.6 Å². The maximum atomic E-state index is 12.4. The van der Waals surface area contributed by atoms with Gasteiger partial charge in [0.1, 0.15) is 0 Å². The molecule has 0 saturated carbocycles. The molecule has 0 atom stereocenters. The molecule has 0 fully saturated rings. The van der Waals surface area contributed by atoms with Crippen molar-refractivity contribution in [3.63, 3.8) is 0 Å². The number of nitrogens with zero attached hydrogens (tertiary/aromatic N) is 3. The second kappa shape index (κ2) is 6.19. The molecule has 4 heteroatoms. The van der Waals surface area contributed by atoms with Crippen molar-refractivity contribution in [3.8, 4) is 0 Å². The molecule has 0 unspecified atom stereocenters. The van der Waals surface area contributed by atoms with E-state index >= 15 is 0 Å². The van der Waals surface area contributed by atoms with Crippen molar-refractivity contribution in [3.05, 3.63) is 47.5 Å². The van der Waals surface area contributed by atoms with Crippen molar-refractivity contribution in [2.75, 3.05) is 26.7 Å². The van der Waals surface area contributed by atoms with Gasteiger partial charge < -0.3 is 14.4 Å². The number of carbonyl (C=O) groups is 1. The molecule has 0 spiro atoms. The van der Waals surface area contributed by atoms with Crippen molar-refractivity contribution in [2.45, 2.75) is 26.9 Å². The van der Waals surface area contributed by atoms with Gasteiger partial charge in [0, 0.05) is 54.1 Å². The molecule has 4 nitrogen and oxygen atoms in total. The van der Waals surface area contributed by atoms with Gasteiger partial charge in [0.15, 0.2) is 0 Å². The minimum atomic E-state index is 0.136. The molecule has 0 aliphatic carbocycles. The average Bonchev–Trinajstić information content (AvgIpc) is 3.11. The molecule has 0 radical (unpaired) electrons. The van der Waals surface area contributed by atoms with Crippen LogP contribution in [0, 0.1) is 0 Å². The predicted molar refractivity (Wildman–Crippen MR) is 103 cm³/mol. The second-order valence-corrected chi connectivity index (χ2v) is 6.84. The third kappa shape index (κ3) is 2.44. The molecule has 4 rings (SSSR count). The van der Waals surface area contributed by atoms with Crippen LogP contribution in [0.2, 0.25) is 0 Å². The van der Waals surface area contributed by atoms with E-state index in [4.69, 9.17) is 0 Å². The molecule has 1 aliphatic rings. The van der Waals surface area contributed by atoms with E-state index in [1.165, 1.54) is 27.4 Å². The topological polar surface area (TPSA) is 28.5 Å². The Morgan fingerprint density at radius 1 is 1.04 bits per heavy atom. The minimum Gasteiger partial charge on any atom is -0.339 e. The quantitative estimate of drug-likeness (QED) is 0.711. The van der Waals surface area contributed by atoms with Crippen LogP contribution in [-0.4, -0.2) is 47.0 Å². The highest BCUT2D eigenvalue weighted by Crippen LogP contribution is 2.36. The number of amides is 1. The summed E-state index contributed by atoms with van der Waals surface area (Å²) in [6.45, 7) is 9.28. The number of hydrogen-bond donors (Lipinski definition) is 0. The van der Waals surface area contributed by atoms with Crippen molar-refractivity contribution in [1.29, 1.82) is 0 Å². The molecule has 3 aromatic rings. The van der Waals surface area contributed by atoms with Gasteiger partial charge in [-0.15, -0.1) is 0 Å². The first-order chi connectivity index (χ1) is 12.2. The number of benzene rings is 2. The lowest BCUT2D eigenvalue weighted by atomic mass is 10.0. The molecule has 0 saturated heterocycles. The molecule has 0 bridgehead atoms. The number of fused-ring (bicyclic) bond motifs is 5. The normalized spacial score (nSPS) is 14.2. The van der Waals surface area contributed by atoms with Crippen LogP contribution in [0.15, 0.2) is 36.4 Å². The average molecular weight is 335 g/mol. The Bertz CT molecular complexity index is 953. The van der Waals surface area contributed by atoms with Gasteiger partial charge in [-0.3, -0.25) is 4.79 Å². The zero-order chi connectivity index (χ0) is 17.6. The van der Waals surface area contributed by atoms with E-state index in [0.29, 0.717) is 6.54 Å². The van der Waals surface area contributed by atoms with Crippen molar-refractivity contribution in [1.82, 2.24) is 14.4 Å². The summed E-state index contributed by atoms with van der Waals surface area (Å²) in [5.41, 5.74) is 4.56. The highest BCUT2D eigenvalue weighted by Gasteiger charge is 2.28. The van der Waals surface area contributed by atoms with E-state index in [9.17, 15) is 4.79 Å². The lowest BCUT2D eigenvalue weighted by Crippen LogP contribution is -2.26. The van der Waals surface area contributed by atoms with E-state index in [1.807, 2.05) is 18.0 Å². The Hall–Kier alpha value is -2.33. The summed E-state index contributed by atoms with van der Waals surface area (Å²) in [7, 11) is 1.88. The zero-order valence-corrected chi connectivity index (χ0v) is 15.2. The lowest BCUT2D eigenvalue weighted by Gasteiger charge is -2.19. The summed E-state index contributed by atoms with van der Waals surface area (Å²) in [5.74, 6) is 0.136. The van der Waals surface area contributed by atoms with Crippen LogP contribution in [-0.2, 0) is 13.1 Å². The number of carbonyl (C=O) groups excluding carboxylic acids is 1. The first-order valence-corrected chi connectivity index (χ1v) is 9.16. The van der Waals surface area contributed by atoms with Gasteiger partial charge >= 0.3 is 0 Å². The highest BCUT2D eigenvalue weighted by molar-refractivity contribution is 6.14. The molecule has 1 aliphatic heterocycles. The Morgan fingerprint density at radius 3 is 2.56 bits per heavy atom. The fraction of sp³-hybridized carbons (Fsp3) is 0.381. The Kier molecular flexibility index (Phi) is 4.00. The predicted octanol–water partition coefficient (Wildman–Crippen LogP) is 3.72. The van der Waals surface area contributed by atoms with Gasteiger partial charge in [-0.1, -0.05) is 32.0 Å². The molecular weight excluding hydrogens is 310 g/mol. The van der Waals surface area contributed by atoms with Gasteiger partial charge in [-0.2, -0.15) is 0 Å². The molecular formula is C21H25N3O. The Labute approximate surface area is 148 Å². The Morgan fingerprint density at radius 2 is 1.80 bits per heavy atom. The maximum absolute atomic E-state index is 12.4. The monoisotopic (exact) mass is 335 g/mol. The Balaban J connectivity index is 1.91. The van der Waals surface area contributed by atoms with Crippen LogP contribution < -0.4 is 0 Å². The second-order valence-electron chi connectivity index (χ2n) is 6.84. The molecule has 25 heavy (non-hydrogen) atoms. The van der Waals surface area contributed by atoms with Crippen LogP contribution in [0.25, 0.3) is 21.8 Å². The largest absolute Gasteiger partial charge is 0.339 e. The maximum Gasteiger partial charge on any atom is 0.254 e. The van der Waals surface area contributed by atoms with Gasteiger partial charge in [0.25, 0.3) is 5.91 Å². The molecule has 2 aromatic carbocycles. The highest BCUT2D eigenvalue weighted by atomic mass is 16.2. The van der Waals surface area contributed by atoms with Crippen molar-refractivity contribution >= 4 is 27.7 Å². The zero-order valence-electron chi connectivity index (χ0n) is 15.2. The smallest absolute Gasteiger partial charge is 0.254 e. The molecule has 1 amide bonds. The molecule has 0 N–H and O–H groups in total. The summed E-state index contributed by atoms with van der Waals surface area (Å²) in [5, 5.41) is 2.52. The SMILES string of the molecule is CCN(CC)CCn1c2ccccc2c2c3c(ccc21)C(=O)N(C)C3. The fourth-order valence-electron chi connectivity index (χ4n) is 4.11. The van der Waals surface area contributed by atoms with E-state index < -0.39 is 0 Å². The number of para-hydroxylation sites is 1. The minimum absolute atomic E-state index is 0.136. The number of likely N-dealkylation sites (N-methyl/N-ethyl adjacent to an activating group) is 1. The van der Waals surface area contributed by atoms with Gasteiger partial charge in [-0.05, 0) is 36.9 Å².